The number of benzene rings is 2. The van der Waals surface area contributed by atoms with Gasteiger partial charge in [-0.25, -0.2) is 18.7 Å². The third kappa shape index (κ3) is 4.63. The van der Waals surface area contributed by atoms with Crippen LogP contribution in [0.2, 0.25) is 0 Å². The zero-order valence-electron chi connectivity index (χ0n) is 14.9. The summed E-state index contributed by atoms with van der Waals surface area (Å²) in [6, 6.07) is 12.3. The number of carbonyl (C=O) groups is 1. The van der Waals surface area contributed by atoms with E-state index in [1.165, 1.54) is 12.1 Å². The molecule has 3 aromatic rings. The minimum atomic E-state index is -0.753. The Balaban J connectivity index is 1.76. The number of rotatable bonds is 5. The number of halogens is 2. The molecule has 0 aliphatic heterocycles. The number of aryl methyl sites for hydroxylation is 2. The maximum Gasteiger partial charge on any atom is 0.270 e. The summed E-state index contributed by atoms with van der Waals surface area (Å²) in [4.78, 5) is 20.7. The molecule has 0 atom stereocenters. The Hall–Kier alpha value is -3.35. The molecular weight excluding hydrogens is 350 g/mol. The van der Waals surface area contributed by atoms with Crippen molar-refractivity contribution in [3.63, 3.8) is 0 Å². The van der Waals surface area contributed by atoms with Crippen LogP contribution in [0.15, 0.2) is 48.5 Å². The molecule has 2 N–H and O–H groups in total. The normalized spacial score (nSPS) is 10.5. The molecule has 0 unspecified atom stereocenters. The van der Waals surface area contributed by atoms with E-state index in [4.69, 9.17) is 0 Å². The molecular formula is C20H18F2N4O. The SMILES string of the molecule is Cc1nc(Nc2ccc(F)cc2F)cc(C(=O)NCc2ccccc2C)n1. The minimum Gasteiger partial charge on any atom is -0.347 e. The van der Waals surface area contributed by atoms with Crippen molar-refractivity contribution in [1.82, 2.24) is 15.3 Å². The first-order chi connectivity index (χ1) is 12.9. The predicted octanol–water partition coefficient (Wildman–Crippen LogP) is 4.05. The van der Waals surface area contributed by atoms with E-state index < -0.39 is 11.6 Å². The molecule has 5 nitrogen and oxygen atoms in total. The van der Waals surface area contributed by atoms with Gasteiger partial charge >= 0.3 is 0 Å². The Morgan fingerprint density at radius 3 is 2.56 bits per heavy atom. The Morgan fingerprint density at radius 1 is 1.04 bits per heavy atom. The highest BCUT2D eigenvalue weighted by molar-refractivity contribution is 5.93. The van der Waals surface area contributed by atoms with Crippen LogP contribution in [-0.2, 0) is 6.54 Å². The van der Waals surface area contributed by atoms with Crippen molar-refractivity contribution in [3.8, 4) is 0 Å². The van der Waals surface area contributed by atoms with Gasteiger partial charge in [-0.1, -0.05) is 24.3 Å². The Kier molecular flexibility index (Phi) is 5.40. The lowest BCUT2D eigenvalue weighted by molar-refractivity contribution is 0.0945. The zero-order valence-corrected chi connectivity index (χ0v) is 14.9. The highest BCUT2D eigenvalue weighted by atomic mass is 19.1. The number of amides is 1. The van der Waals surface area contributed by atoms with Crippen LogP contribution in [0.3, 0.4) is 0 Å². The Labute approximate surface area is 155 Å². The van der Waals surface area contributed by atoms with Crippen LogP contribution < -0.4 is 10.6 Å². The molecule has 0 saturated carbocycles. The maximum absolute atomic E-state index is 13.8. The molecule has 0 aliphatic rings. The van der Waals surface area contributed by atoms with E-state index in [2.05, 4.69) is 20.6 Å². The van der Waals surface area contributed by atoms with Crippen LogP contribution in [0.25, 0.3) is 0 Å². The van der Waals surface area contributed by atoms with E-state index in [9.17, 15) is 13.6 Å². The first-order valence-electron chi connectivity index (χ1n) is 8.33. The number of anilines is 2. The summed E-state index contributed by atoms with van der Waals surface area (Å²) in [5.74, 6) is -1.20. The van der Waals surface area contributed by atoms with E-state index >= 15 is 0 Å². The Morgan fingerprint density at radius 2 is 1.81 bits per heavy atom. The summed E-state index contributed by atoms with van der Waals surface area (Å²) < 4.78 is 26.8. The fraction of sp³-hybridized carbons (Fsp3) is 0.150. The summed E-state index contributed by atoms with van der Waals surface area (Å²) in [5.41, 5.74) is 2.29. The van der Waals surface area contributed by atoms with Crippen molar-refractivity contribution in [3.05, 3.63) is 82.8 Å². The van der Waals surface area contributed by atoms with Gasteiger partial charge < -0.3 is 10.6 Å². The van der Waals surface area contributed by atoms with E-state index in [0.29, 0.717) is 12.4 Å². The number of nitrogens with zero attached hydrogens (tertiary/aromatic N) is 2. The second kappa shape index (κ2) is 7.90. The van der Waals surface area contributed by atoms with E-state index in [0.717, 1.165) is 23.3 Å². The molecule has 1 amide bonds. The maximum atomic E-state index is 13.8. The van der Waals surface area contributed by atoms with Crippen molar-refractivity contribution in [2.24, 2.45) is 0 Å². The molecule has 1 heterocycles. The second-order valence-corrected chi connectivity index (χ2v) is 6.04. The van der Waals surface area contributed by atoms with Crippen LogP contribution >= 0.6 is 0 Å². The molecule has 1 aromatic heterocycles. The fourth-order valence-corrected chi connectivity index (χ4v) is 2.55. The second-order valence-electron chi connectivity index (χ2n) is 6.04. The predicted molar refractivity (Wildman–Crippen MR) is 98.8 cm³/mol. The minimum absolute atomic E-state index is 0.0563. The summed E-state index contributed by atoms with van der Waals surface area (Å²) in [6.45, 7) is 3.96. The molecule has 3 rings (SSSR count). The van der Waals surface area contributed by atoms with Crippen molar-refractivity contribution < 1.29 is 13.6 Å². The quantitative estimate of drug-likeness (QED) is 0.713. The first kappa shape index (κ1) is 18.4. The van der Waals surface area contributed by atoms with Gasteiger partial charge in [-0.3, -0.25) is 4.79 Å². The van der Waals surface area contributed by atoms with Crippen molar-refractivity contribution >= 4 is 17.4 Å². The highest BCUT2D eigenvalue weighted by Gasteiger charge is 2.12. The molecule has 27 heavy (non-hydrogen) atoms. The fourth-order valence-electron chi connectivity index (χ4n) is 2.55. The van der Waals surface area contributed by atoms with Gasteiger partial charge in [0.05, 0.1) is 5.69 Å². The van der Waals surface area contributed by atoms with Gasteiger partial charge in [0.1, 0.15) is 29.0 Å². The molecule has 0 bridgehead atoms. The zero-order chi connectivity index (χ0) is 19.4. The smallest absolute Gasteiger partial charge is 0.270 e. The van der Waals surface area contributed by atoms with Crippen molar-refractivity contribution in [2.75, 3.05) is 5.32 Å². The third-order valence-corrected chi connectivity index (χ3v) is 3.97. The number of aromatic nitrogens is 2. The average Bonchev–Trinajstić information content (AvgIpc) is 2.63. The average molecular weight is 368 g/mol. The van der Waals surface area contributed by atoms with Crippen molar-refractivity contribution in [2.45, 2.75) is 20.4 Å². The van der Waals surface area contributed by atoms with E-state index in [1.54, 1.807) is 6.92 Å². The van der Waals surface area contributed by atoms with Crippen LogP contribution in [0.5, 0.6) is 0 Å². The van der Waals surface area contributed by atoms with Gasteiger partial charge in [0.15, 0.2) is 0 Å². The molecule has 0 spiro atoms. The van der Waals surface area contributed by atoms with Gasteiger partial charge in [-0.2, -0.15) is 0 Å². The summed E-state index contributed by atoms with van der Waals surface area (Å²) >= 11 is 0. The molecule has 138 valence electrons. The van der Waals surface area contributed by atoms with Gasteiger partial charge in [0.25, 0.3) is 5.91 Å². The lowest BCUT2D eigenvalue weighted by atomic mass is 10.1. The molecule has 0 radical (unpaired) electrons. The van der Waals surface area contributed by atoms with E-state index in [1.807, 2.05) is 31.2 Å². The summed E-state index contributed by atoms with van der Waals surface area (Å²) in [6.07, 6.45) is 0. The number of hydrogen-bond acceptors (Lipinski definition) is 4. The highest BCUT2D eigenvalue weighted by Crippen LogP contribution is 2.20. The lowest BCUT2D eigenvalue weighted by Gasteiger charge is -2.10. The summed E-state index contributed by atoms with van der Waals surface area (Å²) in [5, 5.41) is 5.56. The Bertz CT molecular complexity index is 991. The lowest BCUT2D eigenvalue weighted by Crippen LogP contribution is -2.24. The monoisotopic (exact) mass is 368 g/mol. The van der Waals surface area contributed by atoms with Gasteiger partial charge in [-0.15, -0.1) is 0 Å². The molecule has 0 fully saturated rings. The van der Waals surface area contributed by atoms with Crippen LogP contribution in [0.1, 0.15) is 27.4 Å². The number of nitrogens with one attached hydrogen (secondary N) is 2. The van der Waals surface area contributed by atoms with Gasteiger partial charge in [-0.05, 0) is 37.1 Å². The standard InChI is InChI=1S/C20H18F2N4O/c1-12-5-3-4-6-14(12)11-23-20(27)18-10-19(25-13(2)24-18)26-17-8-7-15(21)9-16(17)22/h3-10H,11H2,1-2H3,(H,23,27)(H,24,25,26). The van der Waals surface area contributed by atoms with Gasteiger partial charge in [0.2, 0.25) is 0 Å². The topological polar surface area (TPSA) is 66.9 Å². The van der Waals surface area contributed by atoms with E-state index in [-0.39, 0.29) is 23.1 Å². The van der Waals surface area contributed by atoms with Crippen LogP contribution in [0, 0.1) is 25.5 Å². The summed E-state index contributed by atoms with van der Waals surface area (Å²) in [7, 11) is 0. The largest absolute Gasteiger partial charge is 0.347 e. The molecule has 0 aliphatic carbocycles. The third-order valence-electron chi connectivity index (χ3n) is 3.97. The first-order valence-corrected chi connectivity index (χ1v) is 8.33. The van der Waals surface area contributed by atoms with Crippen molar-refractivity contribution in [1.29, 1.82) is 0 Å². The molecule has 7 heteroatoms. The number of hydrogen-bond donors (Lipinski definition) is 2. The van der Waals surface area contributed by atoms with Crippen LogP contribution in [0.4, 0.5) is 20.3 Å². The molecule has 0 saturated heterocycles. The van der Waals surface area contributed by atoms with Gasteiger partial charge in [0, 0.05) is 18.7 Å². The van der Waals surface area contributed by atoms with Crippen LogP contribution in [-0.4, -0.2) is 15.9 Å². The molecule has 2 aromatic carbocycles. The number of carbonyl (C=O) groups excluding carboxylic acids is 1.